The fourth-order valence-electron chi connectivity index (χ4n) is 1.43. The van der Waals surface area contributed by atoms with Crippen LogP contribution in [0, 0.1) is 11.6 Å². The van der Waals surface area contributed by atoms with Crippen LogP contribution in [-0.4, -0.2) is 29.1 Å². The van der Waals surface area contributed by atoms with Gasteiger partial charge in [-0.1, -0.05) is 13.0 Å². The van der Waals surface area contributed by atoms with Crippen LogP contribution >= 0.6 is 0 Å². The molecule has 1 aromatic rings. The molecule has 1 atom stereocenters. The molecule has 0 aliphatic carbocycles. The number of nitrogens with one attached hydrogen (secondary N) is 2. The lowest BCUT2D eigenvalue weighted by Crippen LogP contribution is -2.51. The van der Waals surface area contributed by atoms with Gasteiger partial charge in [0.15, 0.2) is 0 Å². The third-order valence-corrected chi connectivity index (χ3v) is 3.05. The van der Waals surface area contributed by atoms with E-state index in [9.17, 15) is 18.4 Å². The van der Waals surface area contributed by atoms with Crippen LogP contribution in [-0.2, 0) is 9.59 Å². The number of carboxylic acid groups (broad SMARTS) is 1. The molecule has 1 aromatic carbocycles. The summed E-state index contributed by atoms with van der Waals surface area (Å²) in [4.78, 5) is 22.6. The number of carbonyl (C=O) groups excluding carboxylic acids is 1. The van der Waals surface area contributed by atoms with Crippen LogP contribution in [0.2, 0.25) is 0 Å². The molecule has 0 spiro atoms. The smallest absolute Gasteiger partial charge is 0.323 e. The molecule has 0 aliphatic rings. The average molecular weight is 286 g/mol. The predicted molar refractivity (Wildman–Crippen MR) is 69.3 cm³/mol. The lowest BCUT2D eigenvalue weighted by molar-refractivity contribution is -0.144. The zero-order chi connectivity index (χ0) is 15.3. The standard InChI is InChI=1S/C13H16F2N2O3/c1-3-13(2,12(19)20)16-7-10(18)17-11-8(14)5-4-6-9(11)15/h4-6,16H,3,7H2,1-2H3,(H,17,18)(H,19,20). The molecule has 20 heavy (non-hydrogen) atoms. The van der Waals surface area contributed by atoms with E-state index in [1.807, 2.05) is 0 Å². The minimum Gasteiger partial charge on any atom is -0.480 e. The molecule has 0 bridgehead atoms. The Morgan fingerprint density at radius 2 is 1.85 bits per heavy atom. The Labute approximate surface area is 115 Å². The van der Waals surface area contributed by atoms with Crippen LogP contribution in [0.1, 0.15) is 20.3 Å². The van der Waals surface area contributed by atoms with Gasteiger partial charge in [-0.3, -0.25) is 14.9 Å². The molecule has 3 N–H and O–H groups in total. The Hall–Kier alpha value is -2.02. The van der Waals surface area contributed by atoms with Crippen molar-refractivity contribution in [2.24, 2.45) is 0 Å². The Balaban J connectivity index is 2.67. The number of halogens is 2. The number of aliphatic carboxylic acids is 1. The highest BCUT2D eigenvalue weighted by atomic mass is 19.1. The summed E-state index contributed by atoms with van der Waals surface area (Å²) in [6, 6.07) is 3.20. The third kappa shape index (κ3) is 3.74. The van der Waals surface area contributed by atoms with Gasteiger partial charge in [-0.05, 0) is 25.5 Å². The molecule has 0 saturated carbocycles. The van der Waals surface area contributed by atoms with Crippen LogP contribution in [0.4, 0.5) is 14.5 Å². The minimum absolute atomic E-state index is 0.254. The van der Waals surface area contributed by atoms with Gasteiger partial charge in [0, 0.05) is 0 Å². The van der Waals surface area contributed by atoms with E-state index in [2.05, 4.69) is 10.6 Å². The van der Waals surface area contributed by atoms with E-state index in [4.69, 9.17) is 5.11 Å². The summed E-state index contributed by atoms with van der Waals surface area (Å²) >= 11 is 0. The number of para-hydroxylation sites is 1. The molecular weight excluding hydrogens is 270 g/mol. The van der Waals surface area contributed by atoms with Gasteiger partial charge >= 0.3 is 5.97 Å². The zero-order valence-corrected chi connectivity index (χ0v) is 11.2. The van der Waals surface area contributed by atoms with E-state index in [0.717, 1.165) is 12.1 Å². The highest BCUT2D eigenvalue weighted by Gasteiger charge is 2.31. The van der Waals surface area contributed by atoms with Crippen molar-refractivity contribution in [2.45, 2.75) is 25.8 Å². The summed E-state index contributed by atoms with van der Waals surface area (Å²) in [7, 11) is 0. The molecule has 0 aromatic heterocycles. The highest BCUT2D eigenvalue weighted by molar-refractivity contribution is 5.93. The summed E-state index contributed by atoms with van der Waals surface area (Å²) in [6.45, 7) is 2.70. The van der Waals surface area contributed by atoms with Gasteiger partial charge in [0.25, 0.3) is 0 Å². The Kier molecular flexibility index (Phi) is 5.15. The van der Waals surface area contributed by atoms with Crippen molar-refractivity contribution < 1.29 is 23.5 Å². The van der Waals surface area contributed by atoms with Crippen LogP contribution in [0.5, 0.6) is 0 Å². The fourth-order valence-corrected chi connectivity index (χ4v) is 1.43. The summed E-state index contributed by atoms with van der Waals surface area (Å²) < 4.78 is 26.6. The normalized spacial score (nSPS) is 13.6. The van der Waals surface area contributed by atoms with Gasteiger partial charge in [0.1, 0.15) is 22.9 Å². The highest BCUT2D eigenvalue weighted by Crippen LogP contribution is 2.17. The molecule has 5 nitrogen and oxygen atoms in total. The SMILES string of the molecule is CCC(C)(NCC(=O)Nc1c(F)cccc1F)C(=O)O. The molecule has 1 rings (SSSR count). The van der Waals surface area contributed by atoms with Gasteiger partial charge in [0.05, 0.1) is 6.54 Å². The van der Waals surface area contributed by atoms with Crippen molar-refractivity contribution >= 4 is 17.6 Å². The molecule has 1 amide bonds. The second-order valence-corrected chi connectivity index (χ2v) is 4.49. The first-order valence-electron chi connectivity index (χ1n) is 6.02. The number of hydrogen-bond donors (Lipinski definition) is 3. The van der Waals surface area contributed by atoms with Gasteiger partial charge < -0.3 is 10.4 Å². The minimum atomic E-state index is -1.27. The van der Waals surface area contributed by atoms with Crippen molar-refractivity contribution in [3.8, 4) is 0 Å². The van der Waals surface area contributed by atoms with Crippen molar-refractivity contribution in [3.63, 3.8) is 0 Å². The number of rotatable bonds is 6. The first kappa shape index (κ1) is 16.0. The third-order valence-electron chi connectivity index (χ3n) is 3.05. The largest absolute Gasteiger partial charge is 0.480 e. The van der Waals surface area contributed by atoms with E-state index in [-0.39, 0.29) is 13.0 Å². The number of hydrogen-bond acceptors (Lipinski definition) is 3. The predicted octanol–water partition coefficient (Wildman–Crippen LogP) is 1.75. The monoisotopic (exact) mass is 286 g/mol. The van der Waals surface area contributed by atoms with E-state index in [0.29, 0.717) is 0 Å². The van der Waals surface area contributed by atoms with Crippen molar-refractivity contribution in [3.05, 3.63) is 29.8 Å². The maximum atomic E-state index is 13.3. The fraction of sp³-hybridized carbons (Fsp3) is 0.385. The Bertz CT molecular complexity index is 502. The molecule has 0 heterocycles. The molecule has 0 radical (unpaired) electrons. The van der Waals surface area contributed by atoms with Crippen LogP contribution in [0.25, 0.3) is 0 Å². The van der Waals surface area contributed by atoms with Gasteiger partial charge in [-0.15, -0.1) is 0 Å². The molecule has 110 valence electrons. The summed E-state index contributed by atoms with van der Waals surface area (Å²) in [5.74, 6) is -3.62. The van der Waals surface area contributed by atoms with Crippen molar-refractivity contribution in [1.82, 2.24) is 5.32 Å². The maximum absolute atomic E-state index is 13.3. The average Bonchev–Trinajstić information content (AvgIpc) is 2.40. The Morgan fingerprint density at radius 3 is 2.30 bits per heavy atom. The topological polar surface area (TPSA) is 78.4 Å². The summed E-state index contributed by atoms with van der Waals surface area (Å²) in [5.41, 5.74) is -1.82. The number of anilines is 1. The summed E-state index contributed by atoms with van der Waals surface area (Å²) in [6.07, 6.45) is 0.254. The van der Waals surface area contributed by atoms with Crippen LogP contribution in [0.3, 0.4) is 0 Å². The molecule has 0 aliphatic heterocycles. The first-order chi connectivity index (χ1) is 9.30. The molecular formula is C13H16F2N2O3. The summed E-state index contributed by atoms with van der Waals surface area (Å²) in [5, 5.41) is 13.6. The van der Waals surface area contributed by atoms with Gasteiger partial charge in [-0.2, -0.15) is 0 Å². The molecule has 0 saturated heterocycles. The lowest BCUT2D eigenvalue weighted by Gasteiger charge is -2.24. The van der Waals surface area contributed by atoms with Gasteiger partial charge in [-0.25, -0.2) is 8.78 Å². The van der Waals surface area contributed by atoms with Crippen molar-refractivity contribution in [2.75, 3.05) is 11.9 Å². The number of benzene rings is 1. The van der Waals surface area contributed by atoms with Crippen LogP contribution < -0.4 is 10.6 Å². The number of amides is 1. The zero-order valence-electron chi connectivity index (χ0n) is 11.2. The number of carboxylic acids is 1. The van der Waals surface area contributed by atoms with E-state index >= 15 is 0 Å². The molecule has 0 fully saturated rings. The quantitative estimate of drug-likeness (QED) is 0.744. The van der Waals surface area contributed by atoms with E-state index in [1.165, 1.54) is 13.0 Å². The molecule has 1 unspecified atom stereocenters. The van der Waals surface area contributed by atoms with Crippen LogP contribution in [0.15, 0.2) is 18.2 Å². The maximum Gasteiger partial charge on any atom is 0.323 e. The lowest BCUT2D eigenvalue weighted by atomic mass is 9.99. The molecule has 7 heteroatoms. The number of carbonyl (C=O) groups is 2. The van der Waals surface area contributed by atoms with Crippen molar-refractivity contribution in [1.29, 1.82) is 0 Å². The second-order valence-electron chi connectivity index (χ2n) is 4.49. The second kappa shape index (κ2) is 6.42. The Morgan fingerprint density at radius 1 is 1.30 bits per heavy atom. The van der Waals surface area contributed by atoms with E-state index in [1.54, 1.807) is 6.92 Å². The van der Waals surface area contributed by atoms with Gasteiger partial charge in [0.2, 0.25) is 5.91 Å². The van der Waals surface area contributed by atoms with E-state index < -0.39 is 34.7 Å². The first-order valence-corrected chi connectivity index (χ1v) is 6.02.